The molecule has 0 saturated carbocycles. The fourth-order valence-corrected chi connectivity index (χ4v) is 3.14. The fourth-order valence-electron chi connectivity index (χ4n) is 2.88. The molecule has 0 N–H and O–H groups in total. The lowest BCUT2D eigenvalue weighted by molar-refractivity contribution is 0.0890. The Labute approximate surface area is 152 Å². The van der Waals surface area contributed by atoms with Crippen molar-refractivity contribution in [1.82, 2.24) is 14.9 Å². The van der Waals surface area contributed by atoms with E-state index in [-0.39, 0.29) is 6.10 Å². The number of aromatic nitrogens is 2. The maximum atomic E-state index is 6.39. The first kappa shape index (κ1) is 17.8. The molecule has 3 rings (SSSR count). The second-order valence-electron chi connectivity index (χ2n) is 5.93. The molecule has 0 amide bonds. The van der Waals surface area contributed by atoms with Crippen molar-refractivity contribution in [3.63, 3.8) is 0 Å². The first-order valence-corrected chi connectivity index (χ1v) is 8.64. The number of nitrogens with zero attached hydrogens (tertiary/aromatic N) is 3. The zero-order chi connectivity index (χ0) is 17.6. The van der Waals surface area contributed by atoms with Gasteiger partial charge in [-0.05, 0) is 24.5 Å². The lowest BCUT2D eigenvalue weighted by Crippen LogP contribution is -2.38. The molecule has 1 saturated heterocycles. The first-order chi connectivity index (χ1) is 12.2. The van der Waals surface area contributed by atoms with Gasteiger partial charge in [-0.2, -0.15) is 9.97 Å². The van der Waals surface area contributed by atoms with Crippen molar-refractivity contribution in [2.75, 3.05) is 27.3 Å². The minimum atomic E-state index is 0.130. The van der Waals surface area contributed by atoms with Gasteiger partial charge in [-0.25, -0.2) is 0 Å². The monoisotopic (exact) mass is 363 g/mol. The highest BCUT2D eigenvalue weighted by Crippen LogP contribution is 2.29. The molecule has 25 heavy (non-hydrogen) atoms. The third kappa shape index (κ3) is 4.52. The van der Waals surface area contributed by atoms with Gasteiger partial charge in [0.2, 0.25) is 0 Å². The smallest absolute Gasteiger partial charge is 0.316 e. The Bertz CT molecular complexity index is 688. The van der Waals surface area contributed by atoms with Gasteiger partial charge in [-0.1, -0.05) is 23.7 Å². The molecule has 0 atom stereocenters. The van der Waals surface area contributed by atoms with Crippen LogP contribution in [0.4, 0.5) is 0 Å². The molecule has 2 heterocycles. The molecule has 7 heteroatoms. The number of halogens is 1. The van der Waals surface area contributed by atoms with Gasteiger partial charge in [-0.3, -0.25) is 4.90 Å². The minimum Gasteiger partial charge on any atom is -0.495 e. The Morgan fingerprint density at radius 3 is 2.48 bits per heavy atom. The van der Waals surface area contributed by atoms with Crippen LogP contribution in [-0.4, -0.2) is 48.3 Å². The largest absolute Gasteiger partial charge is 0.495 e. The average molecular weight is 364 g/mol. The number of hydrogen-bond acceptors (Lipinski definition) is 6. The molecule has 1 aromatic heterocycles. The molecule has 0 unspecified atom stereocenters. The number of hydrogen-bond donors (Lipinski definition) is 0. The molecule has 0 aliphatic carbocycles. The van der Waals surface area contributed by atoms with Crippen LogP contribution in [0.2, 0.25) is 5.02 Å². The van der Waals surface area contributed by atoms with Crippen LogP contribution in [0.1, 0.15) is 18.4 Å². The molecule has 1 aliphatic heterocycles. The van der Waals surface area contributed by atoms with Crippen molar-refractivity contribution in [3.8, 4) is 17.5 Å². The fraction of sp³-hybridized carbons (Fsp3) is 0.444. The molecule has 0 bridgehead atoms. The molecular formula is C18H22ClN3O3. The number of methoxy groups -OCH3 is 2. The first-order valence-electron chi connectivity index (χ1n) is 8.26. The van der Waals surface area contributed by atoms with Crippen LogP contribution in [0.15, 0.2) is 30.6 Å². The molecule has 1 fully saturated rings. The van der Waals surface area contributed by atoms with E-state index in [1.165, 1.54) is 0 Å². The standard InChI is InChI=1S/C18H22ClN3O3/c1-23-15-10-20-18(21-11-15)25-14-6-8-22(9-7-14)12-13-4-3-5-16(24-2)17(13)19/h3-5,10-11,14H,6-9,12H2,1-2H3. The second-order valence-corrected chi connectivity index (χ2v) is 6.31. The summed E-state index contributed by atoms with van der Waals surface area (Å²) in [6.07, 6.45) is 5.21. The van der Waals surface area contributed by atoms with Gasteiger partial charge in [0, 0.05) is 19.6 Å². The predicted octanol–water partition coefficient (Wildman–Crippen LogP) is 3.19. The summed E-state index contributed by atoms with van der Waals surface area (Å²) < 4.78 is 16.2. The number of benzene rings is 1. The van der Waals surface area contributed by atoms with Gasteiger partial charge in [0.25, 0.3) is 0 Å². The van der Waals surface area contributed by atoms with E-state index in [1.807, 2.05) is 18.2 Å². The van der Waals surface area contributed by atoms with Crippen LogP contribution in [0.3, 0.4) is 0 Å². The van der Waals surface area contributed by atoms with E-state index >= 15 is 0 Å². The van der Waals surface area contributed by atoms with E-state index < -0.39 is 0 Å². The lowest BCUT2D eigenvalue weighted by Gasteiger charge is -2.31. The Balaban J connectivity index is 1.51. The summed E-state index contributed by atoms with van der Waals surface area (Å²) >= 11 is 6.39. The summed E-state index contributed by atoms with van der Waals surface area (Å²) in [5, 5.41) is 0.690. The Kier molecular flexibility index (Phi) is 5.94. The van der Waals surface area contributed by atoms with Crippen LogP contribution in [0.25, 0.3) is 0 Å². The van der Waals surface area contributed by atoms with Crippen LogP contribution >= 0.6 is 11.6 Å². The molecule has 1 aromatic carbocycles. The van der Waals surface area contributed by atoms with E-state index in [2.05, 4.69) is 14.9 Å². The summed E-state index contributed by atoms with van der Waals surface area (Å²) in [5.41, 5.74) is 1.08. The third-order valence-corrected chi connectivity index (χ3v) is 4.73. The summed E-state index contributed by atoms with van der Waals surface area (Å²) in [5.74, 6) is 1.34. The number of rotatable bonds is 6. The van der Waals surface area contributed by atoms with Gasteiger partial charge < -0.3 is 14.2 Å². The molecule has 1 aliphatic rings. The SMILES string of the molecule is COc1cnc(OC2CCN(Cc3cccc(OC)c3Cl)CC2)nc1. The Morgan fingerprint density at radius 1 is 1.12 bits per heavy atom. The summed E-state index contributed by atoms with van der Waals surface area (Å²) in [6.45, 7) is 2.69. The third-order valence-electron chi connectivity index (χ3n) is 4.30. The van der Waals surface area contributed by atoms with Crippen molar-refractivity contribution < 1.29 is 14.2 Å². The zero-order valence-corrected chi connectivity index (χ0v) is 15.2. The van der Waals surface area contributed by atoms with E-state index in [0.717, 1.165) is 38.0 Å². The molecule has 2 aromatic rings. The molecule has 0 spiro atoms. The molecule has 6 nitrogen and oxygen atoms in total. The summed E-state index contributed by atoms with van der Waals surface area (Å²) in [4.78, 5) is 10.7. The van der Waals surface area contributed by atoms with Crippen molar-refractivity contribution in [2.24, 2.45) is 0 Å². The molecule has 0 radical (unpaired) electrons. The Hall–Kier alpha value is -2.05. The second kappa shape index (κ2) is 8.36. The maximum Gasteiger partial charge on any atom is 0.316 e. The van der Waals surface area contributed by atoms with Gasteiger partial charge in [0.05, 0.1) is 31.6 Å². The maximum absolute atomic E-state index is 6.39. The predicted molar refractivity (Wildman–Crippen MR) is 95.5 cm³/mol. The average Bonchev–Trinajstić information content (AvgIpc) is 2.65. The zero-order valence-electron chi connectivity index (χ0n) is 14.4. The van der Waals surface area contributed by atoms with Crippen LogP contribution in [0, 0.1) is 0 Å². The van der Waals surface area contributed by atoms with E-state index in [4.69, 9.17) is 25.8 Å². The van der Waals surface area contributed by atoms with E-state index in [9.17, 15) is 0 Å². The van der Waals surface area contributed by atoms with Crippen molar-refractivity contribution >= 4 is 11.6 Å². The van der Waals surface area contributed by atoms with Crippen LogP contribution in [-0.2, 0) is 6.54 Å². The van der Waals surface area contributed by atoms with E-state index in [0.29, 0.717) is 22.5 Å². The van der Waals surface area contributed by atoms with Gasteiger partial charge >= 0.3 is 6.01 Å². The van der Waals surface area contributed by atoms with Crippen LogP contribution < -0.4 is 14.2 Å². The lowest BCUT2D eigenvalue weighted by atomic mass is 10.1. The summed E-state index contributed by atoms with van der Waals surface area (Å²) in [7, 11) is 3.22. The van der Waals surface area contributed by atoms with Gasteiger partial charge in [-0.15, -0.1) is 0 Å². The Morgan fingerprint density at radius 2 is 1.84 bits per heavy atom. The van der Waals surface area contributed by atoms with Crippen LogP contribution in [0.5, 0.6) is 17.5 Å². The number of ether oxygens (including phenoxy) is 3. The van der Waals surface area contributed by atoms with Crippen molar-refractivity contribution in [1.29, 1.82) is 0 Å². The van der Waals surface area contributed by atoms with Crippen molar-refractivity contribution in [2.45, 2.75) is 25.5 Å². The topological polar surface area (TPSA) is 56.7 Å². The molecular weight excluding hydrogens is 342 g/mol. The van der Waals surface area contributed by atoms with Gasteiger partial charge in [0.1, 0.15) is 11.9 Å². The van der Waals surface area contributed by atoms with Gasteiger partial charge in [0.15, 0.2) is 5.75 Å². The highest BCUT2D eigenvalue weighted by atomic mass is 35.5. The van der Waals surface area contributed by atoms with E-state index in [1.54, 1.807) is 26.6 Å². The number of piperidine rings is 1. The summed E-state index contributed by atoms with van der Waals surface area (Å²) in [6, 6.07) is 6.28. The highest BCUT2D eigenvalue weighted by molar-refractivity contribution is 6.32. The number of likely N-dealkylation sites (tertiary alicyclic amines) is 1. The minimum absolute atomic E-state index is 0.130. The molecule has 134 valence electrons. The van der Waals surface area contributed by atoms with Crippen molar-refractivity contribution in [3.05, 3.63) is 41.2 Å². The highest BCUT2D eigenvalue weighted by Gasteiger charge is 2.22. The quantitative estimate of drug-likeness (QED) is 0.785. The normalized spacial score (nSPS) is 15.8.